The minimum atomic E-state index is -0.314. The number of cyclic esters (lactones) is 1. The van der Waals surface area contributed by atoms with Gasteiger partial charge in [0.2, 0.25) is 0 Å². The largest absolute Gasteiger partial charge is 0.447 e. The first-order valence-corrected chi connectivity index (χ1v) is 3.43. The summed E-state index contributed by atoms with van der Waals surface area (Å²) in [6.45, 7) is 2.52. The van der Waals surface area contributed by atoms with Gasteiger partial charge < -0.3 is 10.1 Å². The highest BCUT2D eigenvalue weighted by atomic mass is 16.6. The summed E-state index contributed by atoms with van der Waals surface area (Å²) in [6.07, 6.45) is 4.64. The Morgan fingerprint density at radius 1 is 1.90 bits per heavy atom. The van der Waals surface area contributed by atoms with E-state index in [9.17, 15) is 4.79 Å². The fourth-order valence-corrected chi connectivity index (χ4v) is 0.804. The highest BCUT2D eigenvalue weighted by molar-refractivity contribution is 5.70. The fraction of sp³-hybridized carbons (Fsp3) is 0.571. The van der Waals surface area contributed by atoms with Gasteiger partial charge in [-0.3, -0.25) is 0 Å². The number of carbonyl (C=O) groups is 1. The summed E-state index contributed by atoms with van der Waals surface area (Å²) in [5.74, 6) is 0. The van der Waals surface area contributed by atoms with Crippen LogP contribution < -0.4 is 5.32 Å². The van der Waals surface area contributed by atoms with Crippen molar-refractivity contribution in [3.05, 3.63) is 12.2 Å². The normalized spacial score (nSPS) is 24.9. The van der Waals surface area contributed by atoms with Crippen LogP contribution in [0.25, 0.3) is 0 Å². The molecule has 0 aromatic rings. The SMILES string of the molecule is CC/C=C\C1COC(=O)N1. The number of carbonyl (C=O) groups excluding carboxylic acids is 1. The second kappa shape index (κ2) is 3.25. The van der Waals surface area contributed by atoms with E-state index in [2.05, 4.69) is 10.1 Å². The summed E-state index contributed by atoms with van der Waals surface area (Å²) in [5.41, 5.74) is 0. The van der Waals surface area contributed by atoms with Gasteiger partial charge in [-0.2, -0.15) is 0 Å². The van der Waals surface area contributed by atoms with Gasteiger partial charge in [0.15, 0.2) is 0 Å². The number of alkyl carbamates (subject to hydrolysis) is 1. The number of amides is 1. The molecular formula is C7H11NO2. The summed E-state index contributed by atoms with van der Waals surface area (Å²) in [7, 11) is 0. The van der Waals surface area contributed by atoms with E-state index >= 15 is 0 Å². The first kappa shape index (κ1) is 7.12. The van der Waals surface area contributed by atoms with E-state index in [-0.39, 0.29) is 12.1 Å². The molecule has 1 saturated heterocycles. The average Bonchev–Trinajstić information content (AvgIpc) is 2.31. The molecule has 1 aliphatic heterocycles. The van der Waals surface area contributed by atoms with E-state index in [4.69, 9.17) is 0 Å². The molecule has 1 rings (SSSR count). The van der Waals surface area contributed by atoms with Gasteiger partial charge in [-0.15, -0.1) is 0 Å². The van der Waals surface area contributed by atoms with Crippen LogP contribution in [0.4, 0.5) is 4.79 Å². The summed E-state index contributed by atoms with van der Waals surface area (Å²) >= 11 is 0. The molecule has 0 aromatic carbocycles. The van der Waals surface area contributed by atoms with Crippen molar-refractivity contribution >= 4 is 6.09 Å². The van der Waals surface area contributed by atoms with Crippen molar-refractivity contribution in [3.63, 3.8) is 0 Å². The van der Waals surface area contributed by atoms with Crippen LogP contribution in [0.1, 0.15) is 13.3 Å². The zero-order valence-corrected chi connectivity index (χ0v) is 5.96. The van der Waals surface area contributed by atoms with E-state index in [0.717, 1.165) is 6.42 Å². The lowest BCUT2D eigenvalue weighted by Gasteiger charge is -1.96. The number of hydrogen-bond donors (Lipinski definition) is 1. The van der Waals surface area contributed by atoms with Crippen LogP contribution in [0.5, 0.6) is 0 Å². The van der Waals surface area contributed by atoms with Crippen molar-refractivity contribution in [2.45, 2.75) is 19.4 Å². The molecule has 0 aromatic heterocycles. The predicted molar refractivity (Wildman–Crippen MR) is 37.7 cm³/mol. The predicted octanol–water partition coefficient (Wildman–Crippen LogP) is 1.06. The number of ether oxygens (including phenoxy) is 1. The lowest BCUT2D eigenvalue weighted by atomic mass is 10.3. The molecule has 0 aliphatic carbocycles. The molecule has 3 nitrogen and oxygen atoms in total. The Kier molecular flexibility index (Phi) is 2.31. The minimum Gasteiger partial charge on any atom is -0.447 e. The first-order chi connectivity index (χ1) is 4.83. The molecule has 0 bridgehead atoms. The highest BCUT2D eigenvalue weighted by Crippen LogP contribution is 1.98. The maximum Gasteiger partial charge on any atom is 0.407 e. The van der Waals surface area contributed by atoms with Gasteiger partial charge in [-0.05, 0) is 6.42 Å². The molecular weight excluding hydrogens is 130 g/mol. The van der Waals surface area contributed by atoms with Crippen LogP contribution in [0.3, 0.4) is 0 Å². The maximum absolute atomic E-state index is 10.4. The number of allylic oxidation sites excluding steroid dienone is 1. The molecule has 0 radical (unpaired) electrons. The number of nitrogens with one attached hydrogen (secondary N) is 1. The van der Waals surface area contributed by atoms with Crippen molar-refractivity contribution in [1.29, 1.82) is 0 Å². The molecule has 10 heavy (non-hydrogen) atoms. The van der Waals surface area contributed by atoms with Gasteiger partial charge >= 0.3 is 6.09 Å². The summed E-state index contributed by atoms with van der Waals surface area (Å²) in [6, 6.07) is 0.0902. The first-order valence-electron chi connectivity index (χ1n) is 3.43. The van der Waals surface area contributed by atoms with Crippen molar-refractivity contribution in [2.75, 3.05) is 6.61 Å². The molecule has 1 N–H and O–H groups in total. The Bertz CT molecular complexity index is 154. The van der Waals surface area contributed by atoms with Crippen molar-refractivity contribution < 1.29 is 9.53 Å². The third kappa shape index (κ3) is 1.76. The van der Waals surface area contributed by atoms with E-state index < -0.39 is 0 Å². The molecule has 1 heterocycles. The van der Waals surface area contributed by atoms with Gasteiger partial charge in [0.25, 0.3) is 0 Å². The molecule has 1 aliphatic rings. The number of rotatable bonds is 2. The van der Waals surface area contributed by atoms with Crippen molar-refractivity contribution in [2.24, 2.45) is 0 Å². The average molecular weight is 141 g/mol. The van der Waals surface area contributed by atoms with E-state index in [0.29, 0.717) is 6.61 Å². The Balaban J connectivity index is 2.31. The second-order valence-electron chi connectivity index (χ2n) is 2.19. The third-order valence-electron chi connectivity index (χ3n) is 1.30. The Labute approximate surface area is 60.1 Å². The van der Waals surface area contributed by atoms with E-state index in [1.807, 2.05) is 19.1 Å². The Morgan fingerprint density at radius 3 is 3.20 bits per heavy atom. The topological polar surface area (TPSA) is 38.3 Å². The van der Waals surface area contributed by atoms with Crippen LogP contribution >= 0.6 is 0 Å². The second-order valence-corrected chi connectivity index (χ2v) is 2.19. The van der Waals surface area contributed by atoms with Gasteiger partial charge in [0.1, 0.15) is 6.61 Å². The zero-order chi connectivity index (χ0) is 7.40. The van der Waals surface area contributed by atoms with Gasteiger partial charge in [-0.1, -0.05) is 19.1 Å². The number of hydrogen-bond acceptors (Lipinski definition) is 2. The molecule has 56 valence electrons. The van der Waals surface area contributed by atoms with E-state index in [1.165, 1.54) is 0 Å². The standard InChI is InChI=1S/C7H11NO2/c1-2-3-4-6-5-10-7(9)8-6/h3-4,6H,2,5H2,1H3,(H,8,9)/b4-3-. The van der Waals surface area contributed by atoms with Crippen LogP contribution in [0, 0.1) is 0 Å². The fourth-order valence-electron chi connectivity index (χ4n) is 0.804. The van der Waals surface area contributed by atoms with Gasteiger partial charge in [-0.25, -0.2) is 4.79 Å². The van der Waals surface area contributed by atoms with E-state index in [1.54, 1.807) is 0 Å². The molecule has 0 saturated carbocycles. The van der Waals surface area contributed by atoms with Gasteiger partial charge in [0, 0.05) is 0 Å². The summed E-state index contributed by atoms with van der Waals surface area (Å²) in [4.78, 5) is 10.4. The minimum absolute atomic E-state index is 0.0902. The van der Waals surface area contributed by atoms with Crippen LogP contribution in [0.15, 0.2) is 12.2 Å². The van der Waals surface area contributed by atoms with Crippen LogP contribution in [-0.2, 0) is 4.74 Å². The zero-order valence-electron chi connectivity index (χ0n) is 5.96. The molecule has 1 unspecified atom stereocenters. The molecule has 3 heteroatoms. The molecule has 0 spiro atoms. The van der Waals surface area contributed by atoms with Gasteiger partial charge in [0.05, 0.1) is 6.04 Å². The van der Waals surface area contributed by atoms with Crippen molar-refractivity contribution in [3.8, 4) is 0 Å². The highest BCUT2D eigenvalue weighted by Gasteiger charge is 2.18. The molecule has 1 fully saturated rings. The quantitative estimate of drug-likeness (QED) is 0.584. The molecule has 1 atom stereocenters. The Morgan fingerprint density at radius 2 is 2.70 bits per heavy atom. The van der Waals surface area contributed by atoms with Crippen molar-refractivity contribution in [1.82, 2.24) is 5.32 Å². The summed E-state index contributed by atoms with van der Waals surface area (Å²) < 4.78 is 4.66. The monoisotopic (exact) mass is 141 g/mol. The lowest BCUT2D eigenvalue weighted by Crippen LogP contribution is -2.23. The Hall–Kier alpha value is -0.990. The maximum atomic E-state index is 10.4. The molecule has 1 amide bonds. The van der Waals surface area contributed by atoms with Crippen LogP contribution in [0.2, 0.25) is 0 Å². The van der Waals surface area contributed by atoms with Crippen LogP contribution in [-0.4, -0.2) is 18.7 Å². The summed E-state index contributed by atoms with van der Waals surface area (Å²) in [5, 5.41) is 2.64. The smallest absolute Gasteiger partial charge is 0.407 e. The third-order valence-corrected chi connectivity index (χ3v) is 1.30. The lowest BCUT2D eigenvalue weighted by molar-refractivity contribution is 0.177.